The first-order valence-corrected chi connectivity index (χ1v) is 7.03. The predicted molar refractivity (Wildman–Crippen MR) is 65.5 cm³/mol. The number of aliphatic hydroxyl groups excluding tert-OH is 1. The van der Waals surface area contributed by atoms with E-state index in [0.717, 1.165) is 57.3 Å². The summed E-state index contributed by atoms with van der Waals surface area (Å²) in [5, 5.41) is 9.40. The molecule has 2 aliphatic rings. The summed E-state index contributed by atoms with van der Waals surface area (Å²) in [6, 6.07) is 0. The second-order valence-electron chi connectivity index (χ2n) is 5.82. The highest BCUT2D eigenvalue weighted by atomic mass is 16.5. The molecule has 2 rings (SSSR count). The first-order chi connectivity index (χ1) is 8.15. The van der Waals surface area contributed by atoms with Crippen molar-refractivity contribution in [3.05, 3.63) is 0 Å². The lowest BCUT2D eigenvalue weighted by atomic mass is 9.83. The van der Waals surface area contributed by atoms with Crippen LogP contribution in [0, 0.1) is 11.8 Å². The molecule has 3 heteroatoms. The lowest BCUT2D eigenvalue weighted by Crippen LogP contribution is -2.30. The molecule has 0 saturated heterocycles. The number of aliphatic hydroxyl groups is 1. The summed E-state index contributed by atoms with van der Waals surface area (Å²) in [6.45, 7) is 2.25. The topological polar surface area (TPSA) is 46.5 Å². The quantitative estimate of drug-likeness (QED) is 0.755. The number of rotatable bonds is 2. The summed E-state index contributed by atoms with van der Waals surface area (Å²) in [5.74, 6) is 0.917. The number of hydrogen-bond acceptors (Lipinski definition) is 3. The van der Waals surface area contributed by atoms with Gasteiger partial charge in [0.15, 0.2) is 0 Å². The van der Waals surface area contributed by atoms with Gasteiger partial charge in [0.1, 0.15) is 6.10 Å². The van der Waals surface area contributed by atoms with Crippen LogP contribution in [0.1, 0.15) is 58.3 Å². The van der Waals surface area contributed by atoms with Gasteiger partial charge in [-0.25, -0.2) is 0 Å². The molecular weight excluding hydrogens is 216 g/mol. The highest BCUT2D eigenvalue weighted by Gasteiger charge is 2.29. The largest absolute Gasteiger partial charge is 0.462 e. The van der Waals surface area contributed by atoms with Crippen LogP contribution in [0.3, 0.4) is 0 Å². The summed E-state index contributed by atoms with van der Waals surface area (Å²) in [4.78, 5) is 12.0. The average molecular weight is 240 g/mol. The fourth-order valence-electron chi connectivity index (χ4n) is 2.92. The van der Waals surface area contributed by atoms with E-state index < -0.39 is 0 Å². The van der Waals surface area contributed by atoms with Gasteiger partial charge in [0.25, 0.3) is 0 Å². The minimum Gasteiger partial charge on any atom is -0.462 e. The third kappa shape index (κ3) is 3.70. The number of esters is 1. The Balaban J connectivity index is 1.73. The van der Waals surface area contributed by atoms with Crippen molar-refractivity contribution in [1.29, 1.82) is 0 Å². The van der Waals surface area contributed by atoms with Crippen LogP contribution in [0.15, 0.2) is 0 Å². The Morgan fingerprint density at radius 1 is 1.00 bits per heavy atom. The second kappa shape index (κ2) is 5.85. The predicted octanol–water partition coefficient (Wildman–Crippen LogP) is 2.66. The summed E-state index contributed by atoms with van der Waals surface area (Å²) < 4.78 is 5.56. The van der Waals surface area contributed by atoms with Gasteiger partial charge in [-0.3, -0.25) is 4.79 Å². The van der Waals surface area contributed by atoms with E-state index in [-0.39, 0.29) is 24.1 Å². The van der Waals surface area contributed by atoms with E-state index in [4.69, 9.17) is 4.74 Å². The van der Waals surface area contributed by atoms with E-state index in [9.17, 15) is 9.90 Å². The van der Waals surface area contributed by atoms with Gasteiger partial charge in [0.05, 0.1) is 12.0 Å². The number of hydrogen-bond donors (Lipinski definition) is 1. The van der Waals surface area contributed by atoms with Crippen molar-refractivity contribution in [2.75, 3.05) is 0 Å². The Kier molecular flexibility index (Phi) is 4.43. The zero-order chi connectivity index (χ0) is 12.3. The summed E-state index contributed by atoms with van der Waals surface area (Å²) >= 11 is 0. The zero-order valence-electron chi connectivity index (χ0n) is 10.7. The van der Waals surface area contributed by atoms with Crippen LogP contribution in [0.2, 0.25) is 0 Å². The van der Waals surface area contributed by atoms with Crippen molar-refractivity contribution >= 4 is 5.97 Å². The summed E-state index contributed by atoms with van der Waals surface area (Å²) in [6.07, 6.45) is 7.40. The van der Waals surface area contributed by atoms with Crippen molar-refractivity contribution in [3.63, 3.8) is 0 Å². The summed E-state index contributed by atoms with van der Waals surface area (Å²) in [7, 11) is 0. The number of carbonyl (C=O) groups is 1. The van der Waals surface area contributed by atoms with Crippen molar-refractivity contribution in [3.8, 4) is 0 Å². The van der Waals surface area contributed by atoms with Crippen LogP contribution in [-0.4, -0.2) is 23.3 Å². The molecule has 17 heavy (non-hydrogen) atoms. The average Bonchev–Trinajstić information content (AvgIpc) is 2.33. The molecule has 98 valence electrons. The van der Waals surface area contributed by atoms with Gasteiger partial charge in [-0.2, -0.15) is 0 Å². The van der Waals surface area contributed by atoms with Gasteiger partial charge in [0, 0.05) is 0 Å². The smallest absolute Gasteiger partial charge is 0.309 e. The SMILES string of the molecule is CC1CCC(C(=O)OC2CCC(O)CC2)CC1. The monoisotopic (exact) mass is 240 g/mol. The molecule has 3 nitrogen and oxygen atoms in total. The second-order valence-corrected chi connectivity index (χ2v) is 5.82. The Labute approximate surface area is 104 Å². The van der Waals surface area contributed by atoms with E-state index in [2.05, 4.69) is 6.92 Å². The maximum absolute atomic E-state index is 12.0. The molecule has 0 spiro atoms. The fraction of sp³-hybridized carbons (Fsp3) is 0.929. The molecule has 0 bridgehead atoms. The van der Waals surface area contributed by atoms with E-state index in [1.54, 1.807) is 0 Å². The maximum Gasteiger partial charge on any atom is 0.309 e. The minimum atomic E-state index is -0.180. The molecule has 0 aromatic carbocycles. The molecule has 2 aliphatic carbocycles. The van der Waals surface area contributed by atoms with Crippen LogP contribution >= 0.6 is 0 Å². The Morgan fingerprint density at radius 2 is 1.59 bits per heavy atom. The highest BCUT2D eigenvalue weighted by Crippen LogP contribution is 2.30. The van der Waals surface area contributed by atoms with Gasteiger partial charge in [-0.05, 0) is 57.3 Å². The lowest BCUT2D eigenvalue weighted by Gasteiger charge is -2.29. The van der Waals surface area contributed by atoms with Gasteiger partial charge in [0.2, 0.25) is 0 Å². The minimum absolute atomic E-state index is 0.0123. The molecule has 0 aromatic rings. The third-order valence-corrected chi connectivity index (χ3v) is 4.28. The maximum atomic E-state index is 12.0. The third-order valence-electron chi connectivity index (χ3n) is 4.28. The van der Waals surface area contributed by atoms with Crippen molar-refractivity contribution < 1.29 is 14.6 Å². The van der Waals surface area contributed by atoms with E-state index >= 15 is 0 Å². The zero-order valence-corrected chi connectivity index (χ0v) is 10.7. The lowest BCUT2D eigenvalue weighted by molar-refractivity contribution is -0.158. The van der Waals surface area contributed by atoms with E-state index in [1.807, 2.05) is 0 Å². The number of carbonyl (C=O) groups excluding carboxylic acids is 1. The van der Waals surface area contributed by atoms with E-state index in [1.165, 1.54) is 0 Å². The van der Waals surface area contributed by atoms with Gasteiger partial charge >= 0.3 is 5.97 Å². The van der Waals surface area contributed by atoms with E-state index in [0.29, 0.717) is 0 Å². The highest BCUT2D eigenvalue weighted by molar-refractivity contribution is 5.72. The number of ether oxygens (including phenoxy) is 1. The molecule has 0 heterocycles. The van der Waals surface area contributed by atoms with Crippen LogP contribution < -0.4 is 0 Å². The van der Waals surface area contributed by atoms with Gasteiger partial charge in [-0.15, -0.1) is 0 Å². The Hall–Kier alpha value is -0.570. The van der Waals surface area contributed by atoms with Crippen molar-refractivity contribution in [2.45, 2.75) is 70.5 Å². The molecule has 2 fully saturated rings. The molecule has 0 unspecified atom stereocenters. The molecule has 0 atom stereocenters. The van der Waals surface area contributed by atoms with Crippen molar-refractivity contribution in [2.24, 2.45) is 11.8 Å². The molecule has 2 saturated carbocycles. The van der Waals surface area contributed by atoms with Gasteiger partial charge in [-0.1, -0.05) is 6.92 Å². The van der Waals surface area contributed by atoms with Gasteiger partial charge < -0.3 is 9.84 Å². The summed E-state index contributed by atoms with van der Waals surface area (Å²) in [5.41, 5.74) is 0. The molecule has 1 N–H and O–H groups in total. The molecule has 0 aromatic heterocycles. The molecule has 0 radical (unpaired) electrons. The molecule has 0 aliphatic heterocycles. The Bertz CT molecular complexity index is 248. The molecule has 0 amide bonds. The molecular formula is C14H24O3. The Morgan fingerprint density at radius 3 is 2.18 bits per heavy atom. The normalized spacial score (nSPS) is 38.7. The first-order valence-electron chi connectivity index (χ1n) is 7.03. The standard InChI is InChI=1S/C14H24O3/c1-10-2-4-11(5-3-10)14(16)17-13-8-6-12(15)7-9-13/h10-13,15H,2-9H2,1H3. The van der Waals surface area contributed by atoms with Crippen molar-refractivity contribution in [1.82, 2.24) is 0 Å². The fourth-order valence-corrected chi connectivity index (χ4v) is 2.92. The van der Waals surface area contributed by atoms with Crippen LogP contribution in [0.4, 0.5) is 0 Å². The van der Waals surface area contributed by atoms with Crippen LogP contribution in [0.5, 0.6) is 0 Å². The first kappa shape index (κ1) is 12.9. The van der Waals surface area contributed by atoms with Crippen LogP contribution in [0.25, 0.3) is 0 Å². The van der Waals surface area contributed by atoms with Crippen LogP contribution in [-0.2, 0) is 9.53 Å².